The highest BCUT2D eigenvalue weighted by molar-refractivity contribution is 5.94. The van der Waals surface area contributed by atoms with E-state index in [-0.39, 0.29) is 16.4 Å². The van der Waals surface area contributed by atoms with Gasteiger partial charge < -0.3 is 10.2 Å². The van der Waals surface area contributed by atoms with Gasteiger partial charge in [0.25, 0.3) is 0 Å². The molecule has 1 fully saturated rings. The molecule has 4 unspecified atom stereocenters. The van der Waals surface area contributed by atoms with Crippen LogP contribution >= 0.6 is 0 Å². The van der Waals surface area contributed by atoms with Crippen LogP contribution in [-0.2, 0) is 9.59 Å². The molecular formula is C20H30O4. The molecule has 4 nitrogen and oxygen atoms in total. The Balaban J connectivity index is 2.27. The number of carboxylic acids is 2. The number of allylic oxidation sites excluding steroid dienone is 2. The van der Waals surface area contributed by atoms with Crippen LogP contribution in [0.3, 0.4) is 0 Å². The van der Waals surface area contributed by atoms with Crippen molar-refractivity contribution in [2.75, 3.05) is 0 Å². The third kappa shape index (κ3) is 3.28. The van der Waals surface area contributed by atoms with Crippen molar-refractivity contribution in [3.8, 4) is 0 Å². The highest BCUT2D eigenvalue weighted by Crippen LogP contribution is 2.61. The lowest BCUT2D eigenvalue weighted by atomic mass is 9.47. The first-order valence-electron chi connectivity index (χ1n) is 8.95. The fourth-order valence-corrected chi connectivity index (χ4v) is 5.13. The monoisotopic (exact) mass is 334 g/mol. The molecule has 134 valence electrons. The summed E-state index contributed by atoms with van der Waals surface area (Å²) in [5.74, 6) is -1.26. The molecule has 2 aliphatic carbocycles. The van der Waals surface area contributed by atoms with Crippen molar-refractivity contribution in [1.29, 1.82) is 0 Å². The molecule has 2 aliphatic rings. The van der Waals surface area contributed by atoms with Gasteiger partial charge in [-0.1, -0.05) is 32.4 Å². The van der Waals surface area contributed by atoms with E-state index in [9.17, 15) is 14.7 Å². The maximum absolute atomic E-state index is 11.4. The largest absolute Gasteiger partial charge is 0.478 e. The fraction of sp³-hybridized carbons (Fsp3) is 0.700. The van der Waals surface area contributed by atoms with E-state index in [1.54, 1.807) is 0 Å². The molecule has 0 heterocycles. The topological polar surface area (TPSA) is 74.6 Å². The Bertz CT molecular complexity index is 588. The predicted molar refractivity (Wildman–Crippen MR) is 93.7 cm³/mol. The smallest absolute Gasteiger partial charge is 0.331 e. The van der Waals surface area contributed by atoms with Crippen molar-refractivity contribution in [3.63, 3.8) is 0 Å². The first-order valence-corrected chi connectivity index (χ1v) is 8.95. The van der Waals surface area contributed by atoms with E-state index in [0.717, 1.165) is 31.8 Å². The van der Waals surface area contributed by atoms with Gasteiger partial charge in [-0.2, -0.15) is 0 Å². The van der Waals surface area contributed by atoms with Gasteiger partial charge in [0.05, 0.1) is 0 Å². The van der Waals surface area contributed by atoms with Crippen LogP contribution < -0.4 is 0 Å². The summed E-state index contributed by atoms with van der Waals surface area (Å²) in [7, 11) is 0. The number of fused-ring (bicyclic) bond motifs is 1. The quantitative estimate of drug-likeness (QED) is 0.566. The summed E-state index contributed by atoms with van der Waals surface area (Å²) in [5, 5.41) is 18.2. The van der Waals surface area contributed by atoms with E-state index in [4.69, 9.17) is 5.11 Å². The van der Waals surface area contributed by atoms with Crippen molar-refractivity contribution in [3.05, 3.63) is 23.3 Å². The summed E-state index contributed by atoms with van der Waals surface area (Å²) < 4.78 is 0. The summed E-state index contributed by atoms with van der Waals surface area (Å²) in [6.45, 7) is 9.15. The second-order valence-electron chi connectivity index (χ2n) is 8.19. The average molecular weight is 334 g/mol. The molecule has 24 heavy (non-hydrogen) atoms. The maximum Gasteiger partial charge on any atom is 0.331 e. The minimum absolute atomic E-state index is 0.00581. The highest BCUT2D eigenvalue weighted by atomic mass is 16.4. The van der Waals surface area contributed by atoms with Crippen LogP contribution in [0.1, 0.15) is 66.2 Å². The minimum atomic E-state index is -1.18. The fourth-order valence-electron chi connectivity index (χ4n) is 5.13. The summed E-state index contributed by atoms with van der Waals surface area (Å²) in [5.41, 5.74) is 1.71. The molecule has 0 amide bonds. The third-order valence-electron chi connectivity index (χ3n) is 7.10. The van der Waals surface area contributed by atoms with Crippen LogP contribution in [0.15, 0.2) is 23.3 Å². The predicted octanol–water partition coefficient (Wildman–Crippen LogP) is 4.66. The second kappa shape index (κ2) is 6.73. The molecule has 0 aromatic carbocycles. The molecular weight excluding hydrogens is 304 g/mol. The Morgan fingerprint density at radius 3 is 2.54 bits per heavy atom. The van der Waals surface area contributed by atoms with Crippen LogP contribution in [0.2, 0.25) is 0 Å². The zero-order chi connectivity index (χ0) is 18.1. The number of aliphatic carboxylic acids is 2. The van der Waals surface area contributed by atoms with Gasteiger partial charge in [0.2, 0.25) is 0 Å². The van der Waals surface area contributed by atoms with Crippen molar-refractivity contribution in [2.45, 2.75) is 66.2 Å². The lowest BCUT2D eigenvalue weighted by molar-refractivity contribution is -0.135. The van der Waals surface area contributed by atoms with Gasteiger partial charge in [0, 0.05) is 11.6 Å². The Kier molecular flexibility index (Phi) is 5.26. The standard InChI is InChI=1S/C20H30O4/c1-13-6-5-7-16-19(13,3)10-8-14(2)20(16,4)11-9-15(18(23)24)12-17(21)22/h6,12,14,16H,5,7-11H2,1-4H3,(H,21,22)(H,23,24)/b15-12+. The van der Waals surface area contributed by atoms with Gasteiger partial charge in [0.1, 0.15) is 0 Å². The summed E-state index contributed by atoms with van der Waals surface area (Å²) >= 11 is 0. The van der Waals surface area contributed by atoms with Crippen LogP contribution in [0.4, 0.5) is 0 Å². The third-order valence-corrected chi connectivity index (χ3v) is 7.10. The molecule has 0 radical (unpaired) electrons. The average Bonchev–Trinajstić information content (AvgIpc) is 2.50. The number of hydrogen-bond acceptors (Lipinski definition) is 2. The van der Waals surface area contributed by atoms with Crippen molar-refractivity contribution in [1.82, 2.24) is 0 Å². The van der Waals surface area contributed by atoms with Gasteiger partial charge >= 0.3 is 11.9 Å². The number of carboxylic acid groups (broad SMARTS) is 2. The van der Waals surface area contributed by atoms with E-state index >= 15 is 0 Å². The number of carbonyl (C=O) groups is 2. The van der Waals surface area contributed by atoms with Gasteiger partial charge in [-0.05, 0) is 68.1 Å². The normalized spacial score (nSPS) is 36.7. The van der Waals surface area contributed by atoms with Crippen LogP contribution in [0.25, 0.3) is 0 Å². The molecule has 2 rings (SSSR count). The van der Waals surface area contributed by atoms with Gasteiger partial charge in [0.15, 0.2) is 0 Å². The Morgan fingerprint density at radius 2 is 1.96 bits per heavy atom. The van der Waals surface area contributed by atoms with Gasteiger partial charge in [-0.25, -0.2) is 9.59 Å². The zero-order valence-electron chi connectivity index (χ0n) is 15.3. The number of rotatable bonds is 5. The Morgan fingerprint density at radius 1 is 1.29 bits per heavy atom. The molecule has 0 aliphatic heterocycles. The van der Waals surface area contributed by atoms with Crippen LogP contribution in [0, 0.1) is 22.7 Å². The lowest BCUT2D eigenvalue weighted by Crippen LogP contribution is -2.49. The lowest BCUT2D eigenvalue weighted by Gasteiger charge is -2.58. The van der Waals surface area contributed by atoms with Gasteiger partial charge in [-0.3, -0.25) is 0 Å². The molecule has 1 saturated carbocycles. The molecule has 2 N–H and O–H groups in total. The Labute approximate surface area is 144 Å². The minimum Gasteiger partial charge on any atom is -0.478 e. The maximum atomic E-state index is 11.4. The van der Waals surface area contributed by atoms with Crippen LogP contribution in [0.5, 0.6) is 0 Å². The van der Waals surface area contributed by atoms with E-state index in [1.807, 2.05) is 0 Å². The van der Waals surface area contributed by atoms with Crippen molar-refractivity contribution in [2.24, 2.45) is 22.7 Å². The molecule has 0 aromatic heterocycles. The summed E-state index contributed by atoms with van der Waals surface area (Å²) in [6, 6.07) is 0. The Hall–Kier alpha value is -1.58. The van der Waals surface area contributed by atoms with Crippen LogP contribution in [-0.4, -0.2) is 22.2 Å². The second-order valence-corrected chi connectivity index (χ2v) is 8.19. The molecule has 0 bridgehead atoms. The van der Waals surface area contributed by atoms with Gasteiger partial charge in [-0.15, -0.1) is 0 Å². The zero-order valence-corrected chi connectivity index (χ0v) is 15.3. The van der Waals surface area contributed by atoms with Crippen molar-refractivity contribution >= 4 is 11.9 Å². The number of hydrogen-bond donors (Lipinski definition) is 2. The molecule has 4 atom stereocenters. The first kappa shape index (κ1) is 18.8. The molecule has 0 aromatic rings. The molecule has 0 spiro atoms. The van der Waals surface area contributed by atoms with E-state index in [1.165, 1.54) is 12.0 Å². The van der Waals surface area contributed by atoms with E-state index < -0.39 is 11.9 Å². The SMILES string of the molecule is CC1=CCCC2C1(C)CCC(C)C2(C)CC/C(=C\C(=O)O)C(=O)O. The first-order chi connectivity index (χ1) is 11.1. The molecule has 4 heteroatoms. The summed E-state index contributed by atoms with van der Waals surface area (Å²) in [6.07, 6.45) is 8.81. The molecule has 0 saturated heterocycles. The van der Waals surface area contributed by atoms with Crippen molar-refractivity contribution < 1.29 is 19.8 Å². The van der Waals surface area contributed by atoms with E-state index in [2.05, 4.69) is 33.8 Å². The summed E-state index contributed by atoms with van der Waals surface area (Å²) in [4.78, 5) is 22.2. The highest BCUT2D eigenvalue weighted by Gasteiger charge is 2.52. The van der Waals surface area contributed by atoms with E-state index in [0.29, 0.717) is 18.3 Å².